The van der Waals surface area contributed by atoms with Crippen LogP contribution in [0.4, 0.5) is 16.0 Å². The van der Waals surface area contributed by atoms with Crippen molar-refractivity contribution in [2.45, 2.75) is 19.3 Å². The maximum absolute atomic E-state index is 13.9. The van der Waals surface area contributed by atoms with Crippen LogP contribution in [0.25, 0.3) is 0 Å². The van der Waals surface area contributed by atoms with Crippen molar-refractivity contribution in [2.24, 2.45) is 5.92 Å². The summed E-state index contributed by atoms with van der Waals surface area (Å²) in [4.78, 5) is 23.8. The number of fused-ring (bicyclic) bond motifs is 1. The fraction of sp³-hybridized carbons (Fsp3) is 0.421. The van der Waals surface area contributed by atoms with Crippen LogP contribution < -0.4 is 10.2 Å². The van der Waals surface area contributed by atoms with E-state index in [1.54, 1.807) is 0 Å². The molecule has 8 heteroatoms. The van der Waals surface area contributed by atoms with E-state index >= 15 is 0 Å². The average molecular weight is 391 g/mol. The normalized spacial score (nSPS) is 19.5. The van der Waals surface area contributed by atoms with Crippen molar-refractivity contribution in [3.8, 4) is 0 Å². The van der Waals surface area contributed by atoms with Crippen LogP contribution in [0.15, 0.2) is 24.4 Å². The molecule has 4 rings (SSSR count). The lowest BCUT2D eigenvalue weighted by Gasteiger charge is -2.28. The van der Waals surface area contributed by atoms with Crippen LogP contribution in [-0.4, -0.2) is 42.2 Å². The number of nitrogens with zero attached hydrogens (tertiary/aromatic N) is 3. The number of nitrogens with one attached hydrogen (secondary N) is 1. The van der Waals surface area contributed by atoms with Gasteiger partial charge in [0.05, 0.1) is 18.9 Å². The standard InChI is InChI=1S/C19H20ClFN4O2/c20-14-2-3-15(21)17(10-14)23-18(26)12-1-4-16-13(9-12)11-22-19(24-16)25-5-7-27-8-6-25/h2-3,10-12H,1,4-9H2,(H,23,26)/t12-/m1/s1. The monoisotopic (exact) mass is 390 g/mol. The Morgan fingerprint density at radius 1 is 1.33 bits per heavy atom. The Labute approximate surface area is 161 Å². The molecule has 6 nitrogen and oxygen atoms in total. The molecule has 0 spiro atoms. The predicted octanol–water partition coefficient (Wildman–Crippen LogP) is 2.85. The summed E-state index contributed by atoms with van der Waals surface area (Å²) in [5.74, 6) is -0.226. The lowest BCUT2D eigenvalue weighted by atomic mass is 9.86. The van der Waals surface area contributed by atoms with Gasteiger partial charge >= 0.3 is 0 Å². The molecule has 1 aliphatic carbocycles. The van der Waals surface area contributed by atoms with Crippen LogP contribution in [0.1, 0.15) is 17.7 Å². The Morgan fingerprint density at radius 2 is 2.15 bits per heavy atom. The molecule has 2 heterocycles. The van der Waals surface area contributed by atoms with Crippen LogP contribution in [0, 0.1) is 11.7 Å². The molecule has 142 valence electrons. The lowest BCUT2D eigenvalue weighted by molar-refractivity contribution is -0.120. The molecular formula is C19H20ClFN4O2. The van der Waals surface area contributed by atoms with Gasteiger partial charge in [0.2, 0.25) is 11.9 Å². The van der Waals surface area contributed by atoms with Crippen LogP contribution >= 0.6 is 11.6 Å². The highest BCUT2D eigenvalue weighted by molar-refractivity contribution is 6.30. The fourth-order valence-electron chi connectivity index (χ4n) is 3.46. The molecule has 1 aromatic heterocycles. The SMILES string of the molecule is O=C(Nc1cc(Cl)ccc1F)[C@@H]1CCc2nc(N3CCOCC3)ncc2C1. The first-order valence-electron chi connectivity index (χ1n) is 9.03. The summed E-state index contributed by atoms with van der Waals surface area (Å²) in [5, 5.41) is 3.03. The molecule has 0 radical (unpaired) electrons. The minimum atomic E-state index is -0.498. The first-order valence-corrected chi connectivity index (χ1v) is 9.41. The van der Waals surface area contributed by atoms with Crippen molar-refractivity contribution >= 4 is 29.1 Å². The summed E-state index contributed by atoms with van der Waals surface area (Å²) in [6, 6.07) is 4.12. The number of hydrogen-bond acceptors (Lipinski definition) is 5. The smallest absolute Gasteiger partial charge is 0.227 e. The topological polar surface area (TPSA) is 67.4 Å². The summed E-state index contributed by atoms with van der Waals surface area (Å²) in [7, 11) is 0. The van der Waals surface area contributed by atoms with Gasteiger partial charge in [-0.25, -0.2) is 14.4 Å². The van der Waals surface area contributed by atoms with Crippen LogP contribution in [0.5, 0.6) is 0 Å². The largest absolute Gasteiger partial charge is 0.378 e. The molecular weight excluding hydrogens is 371 g/mol. The Hall–Kier alpha value is -2.25. The highest BCUT2D eigenvalue weighted by atomic mass is 35.5. The molecule has 1 aromatic carbocycles. The zero-order chi connectivity index (χ0) is 18.8. The Balaban J connectivity index is 1.44. The lowest BCUT2D eigenvalue weighted by Crippen LogP contribution is -2.38. The van der Waals surface area contributed by atoms with E-state index in [0.29, 0.717) is 37.5 Å². The molecule has 1 fully saturated rings. The summed E-state index contributed by atoms with van der Waals surface area (Å²) in [6.45, 7) is 2.94. The van der Waals surface area contributed by atoms with Crippen molar-refractivity contribution in [1.82, 2.24) is 9.97 Å². The third-order valence-corrected chi connectivity index (χ3v) is 5.22. The summed E-state index contributed by atoms with van der Waals surface area (Å²) >= 11 is 5.89. The Kier molecular flexibility index (Phi) is 5.22. The molecule has 0 unspecified atom stereocenters. The van der Waals surface area contributed by atoms with E-state index in [4.69, 9.17) is 21.3 Å². The zero-order valence-electron chi connectivity index (χ0n) is 14.8. The molecule has 1 aliphatic heterocycles. The van der Waals surface area contributed by atoms with Gasteiger partial charge < -0.3 is 15.0 Å². The number of aromatic nitrogens is 2. The molecule has 1 saturated heterocycles. The highest BCUT2D eigenvalue weighted by Gasteiger charge is 2.27. The molecule has 0 bridgehead atoms. The van der Waals surface area contributed by atoms with E-state index < -0.39 is 5.82 Å². The fourth-order valence-corrected chi connectivity index (χ4v) is 3.64. The van der Waals surface area contributed by atoms with E-state index in [0.717, 1.165) is 30.3 Å². The third-order valence-electron chi connectivity index (χ3n) is 4.99. The first-order chi connectivity index (χ1) is 13.1. The number of amides is 1. The summed E-state index contributed by atoms with van der Waals surface area (Å²) < 4.78 is 19.2. The van der Waals surface area contributed by atoms with Crippen molar-refractivity contribution in [3.05, 3.63) is 46.5 Å². The van der Waals surface area contributed by atoms with Crippen molar-refractivity contribution in [2.75, 3.05) is 36.5 Å². The Morgan fingerprint density at radius 3 is 2.96 bits per heavy atom. The number of halogens is 2. The van der Waals surface area contributed by atoms with Crippen molar-refractivity contribution in [3.63, 3.8) is 0 Å². The molecule has 0 saturated carbocycles. The van der Waals surface area contributed by atoms with Crippen LogP contribution in [0.3, 0.4) is 0 Å². The molecule has 1 atom stereocenters. The minimum Gasteiger partial charge on any atom is -0.378 e. The van der Waals surface area contributed by atoms with Gasteiger partial charge in [-0.3, -0.25) is 4.79 Å². The number of carbonyl (C=O) groups is 1. The van der Waals surface area contributed by atoms with Gasteiger partial charge in [0.15, 0.2) is 0 Å². The minimum absolute atomic E-state index is 0.109. The van der Waals surface area contributed by atoms with Crippen molar-refractivity contribution < 1.29 is 13.9 Å². The number of ether oxygens (including phenoxy) is 1. The quantitative estimate of drug-likeness (QED) is 0.872. The number of anilines is 2. The first kappa shape index (κ1) is 18.1. The second kappa shape index (κ2) is 7.78. The summed E-state index contributed by atoms with van der Waals surface area (Å²) in [5.41, 5.74) is 2.08. The summed E-state index contributed by atoms with van der Waals surface area (Å²) in [6.07, 6.45) is 3.73. The number of carbonyl (C=O) groups excluding carboxylic acids is 1. The average Bonchev–Trinajstić information content (AvgIpc) is 2.70. The van der Waals surface area contributed by atoms with Gasteiger partial charge in [-0.1, -0.05) is 11.6 Å². The number of aryl methyl sites for hydroxylation is 1. The van der Waals surface area contributed by atoms with Gasteiger partial charge in [-0.15, -0.1) is 0 Å². The van der Waals surface area contributed by atoms with E-state index in [2.05, 4.69) is 15.2 Å². The molecule has 27 heavy (non-hydrogen) atoms. The highest BCUT2D eigenvalue weighted by Crippen LogP contribution is 2.27. The maximum Gasteiger partial charge on any atom is 0.227 e. The van der Waals surface area contributed by atoms with E-state index in [1.165, 1.54) is 18.2 Å². The van der Waals surface area contributed by atoms with E-state index in [1.807, 2.05) is 6.20 Å². The van der Waals surface area contributed by atoms with Gasteiger partial charge in [-0.2, -0.15) is 0 Å². The van der Waals surface area contributed by atoms with Crippen LogP contribution in [-0.2, 0) is 22.4 Å². The van der Waals surface area contributed by atoms with Gasteiger partial charge in [0.25, 0.3) is 0 Å². The van der Waals surface area contributed by atoms with Gasteiger partial charge in [-0.05, 0) is 43.0 Å². The maximum atomic E-state index is 13.9. The van der Waals surface area contributed by atoms with Crippen molar-refractivity contribution in [1.29, 1.82) is 0 Å². The molecule has 1 N–H and O–H groups in total. The Bertz CT molecular complexity index is 858. The van der Waals surface area contributed by atoms with E-state index in [-0.39, 0.29) is 17.5 Å². The zero-order valence-corrected chi connectivity index (χ0v) is 15.5. The second-order valence-corrected chi connectivity index (χ2v) is 7.23. The molecule has 2 aromatic rings. The second-order valence-electron chi connectivity index (χ2n) is 6.79. The van der Waals surface area contributed by atoms with Crippen LogP contribution in [0.2, 0.25) is 5.02 Å². The number of morpholine rings is 1. The third kappa shape index (κ3) is 4.04. The van der Waals surface area contributed by atoms with Gasteiger partial charge in [0.1, 0.15) is 5.82 Å². The molecule has 2 aliphatic rings. The predicted molar refractivity (Wildman–Crippen MR) is 101 cm³/mol. The number of hydrogen-bond donors (Lipinski definition) is 1. The van der Waals surface area contributed by atoms with Gasteiger partial charge in [0, 0.05) is 35.9 Å². The number of rotatable bonds is 3. The van der Waals surface area contributed by atoms with E-state index in [9.17, 15) is 9.18 Å². The number of benzene rings is 1. The molecule has 1 amide bonds.